The molecule has 7 saturated carbocycles. The molecule has 12 rings (SSSR count). The van der Waals surface area contributed by atoms with Crippen LogP contribution < -0.4 is 64.2 Å². The number of fused-ring (bicyclic) bond motifs is 3. The largest absolute Gasteiger partial charge is 0.459 e. The number of unbranched alkanes of at least 4 members (excludes halogenated alkanes) is 1. The summed E-state index contributed by atoms with van der Waals surface area (Å²) in [6, 6.07) is 4.55. The number of ether oxygens (including phenoxy) is 3. The minimum absolute atomic E-state index is 0.0358. The average Bonchev–Trinajstić information content (AvgIpc) is 1.53. The van der Waals surface area contributed by atoms with E-state index in [9.17, 15) is 94.7 Å². The van der Waals surface area contributed by atoms with Crippen molar-refractivity contribution in [2.24, 2.45) is 91.0 Å². The first-order chi connectivity index (χ1) is 69.0. The van der Waals surface area contributed by atoms with E-state index in [0.29, 0.717) is 58.2 Å². The number of primary amides is 1. The first-order valence-corrected chi connectivity index (χ1v) is 53.3. The van der Waals surface area contributed by atoms with Crippen LogP contribution in [0, 0.1) is 85.2 Å². The van der Waals surface area contributed by atoms with E-state index < -0.39 is 206 Å². The molecule has 18 atom stereocenters. The minimum atomic E-state index is -4.61. The number of esters is 2. The summed E-state index contributed by atoms with van der Waals surface area (Å²) in [5.74, 6) is -9.32. The Morgan fingerprint density at radius 1 is 0.486 bits per heavy atom. The number of nitrogens with two attached hydrogens (primary N) is 1. The van der Waals surface area contributed by atoms with Gasteiger partial charge in [0, 0.05) is 32.7 Å². The van der Waals surface area contributed by atoms with E-state index in [-0.39, 0.29) is 115 Å². The summed E-state index contributed by atoms with van der Waals surface area (Å²) < 4.78 is 60.5. The molecule has 148 heavy (non-hydrogen) atoms. The van der Waals surface area contributed by atoms with Gasteiger partial charge in [0.15, 0.2) is 0 Å². The Hall–Kier alpha value is -11.1. The van der Waals surface area contributed by atoms with Crippen LogP contribution in [0.3, 0.4) is 0 Å². The van der Waals surface area contributed by atoms with E-state index >= 15 is 0 Å². The number of Topliss-reactive ketones (excluding diaryl/α,β-unsaturated/α-hetero) is 3. The minimum Gasteiger partial charge on any atom is -0.459 e. The van der Waals surface area contributed by atoms with Crippen LogP contribution in [-0.2, 0) is 94.5 Å². The molecular weight excluding hydrogens is 1910 g/mol. The van der Waals surface area contributed by atoms with Crippen molar-refractivity contribution >= 4 is 101 Å². The summed E-state index contributed by atoms with van der Waals surface area (Å²) in [6.45, 7) is 45.5. The van der Waals surface area contributed by atoms with Gasteiger partial charge >= 0.3 is 36.2 Å². The van der Waals surface area contributed by atoms with Gasteiger partial charge < -0.3 is 93.1 Å². The molecule has 7 aliphatic carbocycles. The number of benzene rings is 2. The number of amides is 15. The molecule has 2 aromatic rings. The maximum absolute atomic E-state index is 14.5. The van der Waals surface area contributed by atoms with Gasteiger partial charge in [-0.3, -0.25) is 57.5 Å². The van der Waals surface area contributed by atoms with E-state index in [0.717, 1.165) is 81.8 Å². The van der Waals surface area contributed by atoms with Gasteiger partial charge in [0.05, 0.1) is 42.3 Å². The Morgan fingerprint density at radius 3 is 1.33 bits per heavy atom. The van der Waals surface area contributed by atoms with Gasteiger partial charge in [0.2, 0.25) is 52.8 Å². The molecule has 822 valence electrons. The molecule has 13 N–H and O–H groups in total. The van der Waals surface area contributed by atoms with Crippen molar-refractivity contribution in [2.45, 2.75) is 384 Å². The second-order valence-corrected chi connectivity index (χ2v) is 48.8. The predicted octanol–water partition coefficient (Wildman–Crippen LogP) is 11.5. The zero-order valence-electron chi connectivity index (χ0n) is 90.9. The number of halogens is 3. The topological polar surface area (TPSA) is 486 Å². The second-order valence-electron chi connectivity index (χ2n) is 48.8. The number of likely N-dealkylation sites (N-methyl/N-ethyl adjacent to an activating group) is 1. The van der Waals surface area contributed by atoms with E-state index in [1.54, 1.807) is 77.6 Å². The first-order valence-electron chi connectivity index (χ1n) is 53.3. The van der Waals surface area contributed by atoms with Gasteiger partial charge in [-0.05, 0) is 183 Å². The molecule has 4 unspecified atom stereocenters. The van der Waals surface area contributed by atoms with Crippen LogP contribution in [0.2, 0.25) is 0 Å². The maximum Gasteiger partial charge on any atom is 0.396 e. The normalized spacial score (nSPS) is 24.2. The summed E-state index contributed by atoms with van der Waals surface area (Å²) in [6.07, 6.45) is 7.64. The van der Waals surface area contributed by atoms with Crippen LogP contribution in [0.15, 0.2) is 73.3 Å². The lowest BCUT2D eigenvalue weighted by Gasteiger charge is -2.39. The fourth-order valence-electron chi connectivity index (χ4n) is 22.9. The molecule has 10 aliphatic rings. The zero-order valence-corrected chi connectivity index (χ0v) is 90.9. The number of nitrogens with zero attached hydrogens (tertiary/aromatic N) is 3. The second kappa shape index (κ2) is 48.0. The van der Waals surface area contributed by atoms with Gasteiger partial charge in [-0.2, -0.15) is 13.2 Å². The number of hydrogen-bond donors (Lipinski definition) is 12. The van der Waals surface area contributed by atoms with Crippen molar-refractivity contribution < 1.29 is 109 Å². The smallest absolute Gasteiger partial charge is 0.396 e. The lowest BCUT2D eigenvalue weighted by molar-refractivity contribution is -0.204. The van der Waals surface area contributed by atoms with Crippen LogP contribution in [0.5, 0.6) is 0 Å². The molecule has 0 radical (unpaired) electrons. The quantitative estimate of drug-likeness (QED) is 0.0167. The van der Waals surface area contributed by atoms with E-state index in [1.807, 2.05) is 119 Å². The number of nitrogens with one attached hydrogen (secondary N) is 11. The van der Waals surface area contributed by atoms with Crippen molar-refractivity contribution in [3.63, 3.8) is 0 Å². The fraction of sp³-hybridized carbons (Fsp3) is 0.718. The lowest BCUT2D eigenvalue weighted by Crippen LogP contribution is -2.64. The van der Waals surface area contributed by atoms with Crippen LogP contribution >= 0.6 is 0 Å². The molecule has 38 heteroatoms. The van der Waals surface area contributed by atoms with Gasteiger partial charge in [-0.25, -0.2) is 24.0 Å². The lowest BCUT2D eigenvalue weighted by atomic mass is 9.81. The maximum atomic E-state index is 14.5. The highest BCUT2D eigenvalue weighted by Crippen LogP contribution is 2.68. The number of likely N-dealkylation sites (tertiary alicyclic amines) is 3. The third-order valence-corrected chi connectivity index (χ3v) is 32.3. The standard InChI is InChI=1S/C38H54F3N5O6.C36H51N5O7.C36H61N5O7/c1-9-14-25(28(47)32(49)42-19-10-2)43-31(48)27-26-24(36(26,7)8)20-46(27)33(50)30(35(4,5)6)45-34(51)44-29(37(17-18-37)38(39,40)41)22(3)52-21-23-15-12-11-13-16-23;1-34(2,3)28(39-33(47)40-36(16-10-7-11-17-36)32(46)48-20-22-12-8-6-9-13-22)31(45)41-19-23-25(35(23,4)5)26(41)30(44)38-24(18-21-14-15-21)27(42)29(37)43;1-11-13-19-23(27(42)30(44)37-12-2)38-29(43)26-24-22(36(24,9)10)20-41(26)31(45)25(21-17-15-14-16-18-21)39-33(47)40-28(34(3,4)5)32(46)48-35(6,7)8/h10-13,15-16,22,24-27,29-30H,2,9,14,17-21H2,1,3-8H3,(H,42,49)(H,43,48)(H2,44,45,51);6,8-9,12-13,21,23-26,28H,7,10-11,14-20H2,1-5H3,(H2,37,43)(H,38,44)(H2,39,40,47);21-26,28H,11-20H2,1-10H3,(H,37,44)(H,38,43)(H2,39,40,47)/t22?,24-,25?,26-,27-,29+,30+;23-,24?,25-,26-,28+;22-,23?,24-,25-,26-,28+/m000/s1. The fourth-order valence-corrected chi connectivity index (χ4v) is 22.9. The Bertz CT molecular complexity index is 5140. The third kappa shape index (κ3) is 28.8. The number of ketones is 3. The van der Waals surface area contributed by atoms with Crippen molar-refractivity contribution in [3.05, 3.63) is 84.4 Å². The molecule has 3 saturated heterocycles. The molecule has 0 aromatic heterocycles. The molecule has 15 amide bonds. The molecule has 10 fully saturated rings. The number of carbonyl (C=O) groups is 17. The molecule has 0 spiro atoms. The van der Waals surface area contributed by atoms with Gasteiger partial charge in [0.25, 0.3) is 17.7 Å². The molecule has 3 aliphatic heterocycles. The molecular formula is C110H166F3N15O20. The Kier molecular flexibility index (Phi) is 38.6. The summed E-state index contributed by atoms with van der Waals surface area (Å²) >= 11 is 0. The van der Waals surface area contributed by atoms with E-state index in [2.05, 4.69) is 78.9 Å². The van der Waals surface area contributed by atoms with Crippen LogP contribution in [-0.4, -0.2) is 238 Å². The molecule has 3 heterocycles. The zero-order chi connectivity index (χ0) is 110. The third-order valence-electron chi connectivity index (χ3n) is 32.3. The Morgan fingerprint density at radius 2 is 0.912 bits per heavy atom. The number of carbonyl (C=O) groups excluding carboxylic acids is 17. The van der Waals surface area contributed by atoms with Crippen molar-refractivity contribution in [1.82, 2.24) is 73.2 Å². The summed E-state index contributed by atoms with van der Waals surface area (Å²) in [7, 11) is 0. The molecule has 0 bridgehead atoms. The number of alkyl halides is 3. The highest BCUT2D eigenvalue weighted by Gasteiger charge is 2.74. The van der Waals surface area contributed by atoms with Crippen LogP contribution in [0.25, 0.3) is 0 Å². The molecule has 2 aromatic carbocycles. The molecule has 35 nitrogen and oxygen atoms in total. The summed E-state index contributed by atoms with van der Waals surface area (Å²) in [5, 5.41) is 30.0. The highest BCUT2D eigenvalue weighted by molar-refractivity contribution is 6.39. The SMILES string of the molecule is C=CCNC(=O)C(=O)C(CCC)NC(=O)[C@@H]1[C@@H]2[C@H](CN1C(=O)[C@@H](NC(=O)N[C@H](C(C)OCc1ccccc1)C1(C(F)(F)F)CC1)C(C)(C)C)C2(C)C.CC(C)(C)[C@H](NC(=O)NC1(C(=O)OCc2ccccc2)CCCCC1)C(=O)N1C[C@H]2[C@@H]([C@H]1C(=O)NC(CC1CC1)C(=O)C(N)=O)C2(C)C.CCCCC(NC(=O)[C@@H]1[C@@H]2[C@H](CN1C(=O)[C@@H](NC(=O)N[C@H](C(=O)OC(C)(C)C)C(C)(C)C)C1CCCCC1)C2(C)C)C(=O)C(=O)NCC. The Labute approximate surface area is 870 Å². The Balaban J connectivity index is 0.000000227. The van der Waals surface area contributed by atoms with Gasteiger partial charge in [-0.1, -0.05) is 255 Å². The van der Waals surface area contributed by atoms with Gasteiger partial charge in [-0.15, -0.1) is 6.58 Å². The van der Waals surface area contributed by atoms with E-state index in [1.165, 1.54) is 22.8 Å². The van der Waals surface area contributed by atoms with Crippen molar-refractivity contribution in [3.8, 4) is 0 Å². The predicted molar refractivity (Wildman–Crippen MR) is 548 cm³/mol. The number of rotatable bonds is 41. The first kappa shape index (κ1) is 119. The summed E-state index contributed by atoms with van der Waals surface area (Å²) in [5.41, 5.74) is -0.273. The van der Waals surface area contributed by atoms with Crippen molar-refractivity contribution in [1.29, 1.82) is 0 Å². The monoisotopic (exact) mass is 2070 g/mol. The van der Waals surface area contributed by atoms with Crippen molar-refractivity contribution in [2.75, 3.05) is 32.7 Å². The number of piperidine rings is 3. The average molecular weight is 2080 g/mol. The highest BCUT2D eigenvalue weighted by atomic mass is 19.4. The van der Waals surface area contributed by atoms with Gasteiger partial charge in [0.1, 0.15) is 60.0 Å². The number of urea groups is 3. The number of hydrogen-bond acceptors (Lipinski definition) is 20. The van der Waals surface area contributed by atoms with Crippen LogP contribution in [0.1, 0.15) is 292 Å². The summed E-state index contributed by atoms with van der Waals surface area (Å²) in [4.78, 5) is 233. The van der Waals surface area contributed by atoms with Crippen LogP contribution in [0.4, 0.5) is 27.6 Å². The van der Waals surface area contributed by atoms with E-state index in [4.69, 9.17) is 19.9 Å².